The molecule has 0 radical (unpaired) electrons. The van der Waals surface area contributed by atoms with Gasteiger partial charge in [-0.3, -0.25) is 0 Å². The average molecular weight is 164 g/mol. The lowest BCUT2D eigenvalue weighted by atomic mass is 10.0. The van der Waals surface area contributed by atoms with E-state index >= 15 is 0 Å². The van der Waals surface area contributed by atoms with Crippen LogP contribution in [0.15, 0.2) is 36.5 Å². The number of carbonyl (C=O) groups excluding carboxylic acids is 1. The predicted molar refractivity (Wildman–Crippen MR) is 52.9 cm³/mol. The summed E-state index contributed by atoms with van der Waals surface area (Å²) in [5.41, 5.74) is 1.18. The van der Waals surface area contributed by atoms with Gasteiger partial charge < -0.3 is 4.79 Å². The van der Waals surface area contributed by atoms with Gasteiger partial charge in [0.2, 0.25) is 0 Å². The van der Waals surface area contributed by atoms with E-state index in [1.807, 2.05) is 32.1 Å². The Hall–Kier alpha value is -1.11. The first kappa shape index (κ1) is 10.9. The van der Waals surface area contributed by atoms with Crippen LogP contribution in [0.3, 0.4) is 0 Å². The fourth-order valence-corrected chi connectivity index (χ4v) is 0.894. The van der Waals surface area contributed by atoms with Crippen LogP contribution in [0.2, 0.25) is 0 Å². The van der Waals surface area contributed by atoms with E-state index in [0.29, 0.717) is 0 Å². The van der Waals surface area contributed by atoms with Crippen LogP contribution >= 0.6 is 0 Å². The van der Waals surface area contributed by atoms with Crippen LogP contribution in [0, 0.1) is 5.92 Å². The van der Waals surface area contributed by atoms with E-state index in [1.54, 1.807) is 6.08 Å². The Bertz CT molecular complexity index is 199. The second-order valence-corrected chi connectivity index (χ2v) is 2.78. The highest BCUT2D eigenvalue weighted by molar-refractivity contribution is 5.53. The van der Waals surface area contributed by atoms with Crippen LogP contribution in [-0.4, -0.2) is 6.29 Å². The van der Waals surface area contributed by atoms with Crippen molar-refractivity contribution in [1.82, 2.24) is 0 Å². The average Bonchev–Trinajstić information content (AvgIpc) is 2.11. The highest BCUT2D eigenvalue weighted by Crippen LogP contribution is 2.10. The SMILES string of the molecule is C=C/C=C\C(=C/C)CC(C)C=O. The zero-order chi connectivity index (χ0) is 9.40. The van der Waals surface area contributed by atoms with Crippen molar-refractivity contribution in [3.05, 3.63) is 36.5 Å². The van der Waals surface area contributed by atoms with Crippen LogP contribution in [0.4, 0.5) is 0 Å². The summed E-state index contributed by atoms with van der Waals surface area (Å²) < 4.78 is 0. The molecule has 0 aromatic carbocycles. The maximum atomic E-state index is 10.4. The van der Waals surface area contributed by atoms with Crippen molar-refractivity contribution < 1.29 is 4.79 Å². The van der Waals surface area contributed by atoms with Gasteiger partial charge in [0.15, 0.2) is 0 Å². The predicted octanol–water partition coefficient (Wildman–Crippen LogP) is 2.90. The zero-order valence-electron chi connectivity index (χ0n) is 7.79. The van der Waals surface area contributed by atoms with Crippen molar-refractivity contribution in [2.24, 2.45) is 5.92 Å². The van der Waals surface area contributed by atoms with Gasteiger partial charge in [0.1, 0.15) is 6.29 Å². The Morgan fingerprint density at radius 2 is 2.25 bits per heavy atom. The summed E-state index contributed by atoms with van der Waals surface area (Å²) in [4.78, 5) is 10.4. The minimum absolute atomic E-state index is 0.102. The molecule has 0 aromatic rings. The van der Waals surface area contributed by atoms with Crippen LogP contribution in [-0.2, 0) is 4.79 Å². The molecule has 1 heteroatoms. The molecule has 0 rings (SSSR count). The summed E-state index contributed by atoms with van der Waals surface area (Å²) in [5, 5.41) is 0. The molecule has 0 aliphatic carbocycles. The monoisotopic (exact) mass is 164 g/mol. The van der Waals surface area contributed by atoms with E-state index < -0.39 is 0 Å². The minimum atomic E-state index is 0.102. The van der Waals surface area contributed by atoms with Crippen molar-refractivity contribution in [2.75, 3.05) is 0 Å². The van der Waals surface area contributed by atoms with Gasteiger partial charge in [0.05, 0.1) is 0 Å². The molecule has 1 atom stereocenters. The summed E-state index contributed by atoms with van der Waals surface area (Å²) >= 11 is 0. The first-order valence-electron chi connectivity index (χ1n) is 4.14. The molecule has 0 spiro atoms. The summed E-state index contributed by atoms with van der Waals surface area (Å²) in [7, 11) is 0. The summed E-state index contributed by atoms with van der Waals surface area (Å²) in [5.74, 6) is 0.102. The lowest BCUT2D eigenvalue weighted by Gasteiger charge is -2.02. The Labute approximate surface area is 74.5 Å². The number of aldehydes is 1. The van der Waals surface area contributed by atoms with Crippen molar-refractivity contribution >= 4 is 6.29 Å². The van der Waals surface area contributed by atoms with Gasteiger partial charge in [-0.25, -0.2) is 0 Å². The molecule has 0 aromatic heterocycles. The molecule has 0 aliphatic rings. The van der Waals surface area contributed by atoms with E-state index in [2.05, 4.69) is 6.58 Å². The van der Waals surface area contributed by atoms with E-state index in [0.717, 1.165) is 12.7 Å². The summed E-state index contributed by atoms with van der Waals surface area (Å²) in [6.45, 7) is 7.47. The van der Waals surface area contributed by atoms with Gasteiger partial charge in [-0.2, -0.15) is 0 Å². The maximum absolute atomic E-state index is 10.4. The molecule has 12 heavy (non-hydrogen) atoms. The van der Waals surface area contributed by atoms with Gasteiger partial charge in [-0.05, 0) is 13.3 Å². The molecule has 0 saturated carbocycles. The van der Waals surface area contributed by atoms with E-state index in [9.17, 15) is 4.79 Å². The van der Waals surface area contributed by atoms with Crippen molar-refractivity contribution in [1.29, 1.82) is 0 Å². The smallest absolute Gasteiger partial charge is 0.123 e. The van der Waals surface area contributed by atoms with Crippen LogP contribution in [0.1, 0.15) is 20.3 Å². The van der Waals surface area contributed by atoms with Crippen molar-refractivity contribution in [2.45, 2.75) is 20.3 Å². The standard InChI is InChI=1S/C11H16O/c1-4-6-7-11(5-2)8-10(3)9-12/h4-7,9-10H,1,8H2,2-3H3/b7-6-,11-5+. The normalized spacial score (nSPS) is 14.7. The van der Waals surface area contributed by atoms with Crippen molar-refractivity contribution in [3.8, 4) is 0 Å². The topological polar surface area (TPSA) is 17.1 Å². The molecule has 1 nitrogen and oxygen atoms in total. The molecule has 0 N–H and O–H groups in total. The largest absolute Gasteiger partial charge is 0.303 e. The third-order valence-electron chi connectivity index (χ3n) is 1.61. The number of carbonyl (C=O) groups is 1. The number of hydrogen-bond acceptors (Lipinski definition) is 1. The lowest BCUT2D eigenvalue weighted by molar-refractivity contribution is -0.110. The fourth-order valence-electron chi connectivity index (χ4n) is 0.894. The molecule has 0 amide bonds. The van der Waals surface area contributed by atoms with E-state index in [-0.39, 0.29) is 5.92 Å². The van der Waals surface area contributed by atoms with Gasteiger partial charge in [0, 0.05) is 5.92 Å². The van der Waals surface area contributed by atoms with Crippen LogP contribution in [0.5, 0.6) is 0 Å². The maximum Gasteiger partial charge on any atom is 0.123 e. The first-order chi connectivity index (χ1) is 5.74. The number of allylic oxidation sites excluding steroid dienone is 5. The first-order valence-corrected chi connectivity index (χ1v) is 4.14. The zero-order valence-corrected chi connectivity index (χ0v) is 7.79. The van der Waals surface area contributed by atoms with Gasteiger partial charge in [-0.1, -0.05) is 43.4 Å². The molecule has 0 bridgehead atoms. The van der Waals surface area contributed by atoms with Gasteiger partial charge in [-0.15, -0.1) is 0 Å². The molecular formula is C11H16O. The highest BCUT2D eigenvalue weighted by atomic mass is 16.1. The molecule has 66 valence electrons. The highest BCUT2D eigenvalue weighted by Gasteiger charge is 2.00. The third kappa shape index (κ3) is 4.67. The molecule has 1 unspecified atom stereocenters. The van der Waals surface area contributed by atoms with Gasteiger partial charge in [0.25, 0.3) is 0 Å². The van der Waals surface area contributed by atoms with Crippen LogP contribution < -0.4 is 0 Å². The van der Waals surface area contributed by atoms with Crippen molar-refractivity contribution in [3.63, 3.8) is 0 Å². The molecule has 0 saturated heterocycles. The Morgan fingerprint density at radius 1 is 1.58 bits per heavy atom. The fraction of sp³-hybridized carbons (Fsp3) is 0.364. The minimum Gasteiger partial charge on any atom is -0.303 e. The number of rotatable bonds is 5. The molecular weight excluding hydrogens is 148 g/mol. The summed E-state index contributed by atoms with van der Waals surface area (Å²) in [6.07, 6.45) is 9.39. The third-order valence-corrected chi connectivity index (χ3v) is 1.61. The number of hydrogen-bond donors (Lipinski definition) is 0. The Balaban J connectivity index is 4.09. The second kappa shape index (κ2) is 6.59. The Kier molecular flexibility index (Phi) is 5.98. The molecule has 0 heterocycles. The van der Waals surface area contributed by atoms with Gasteiger partial charge >= 0.3 is 0 Å². The van der Waals surface area contributed by atoms with Crippen LogP contribution in [0.25, 0.3) is 0 Å². The quantitative estimate of drug-likeness (QED) is 0.451. The second-order valence-electron chi connectivity index (χ2n) is 2.78. The molecule has 0 fully saturated rings. The molecule has 0 aliphatic heterocycles. The lowest BCUT2D eigenvalue weighted by Crippen LogP contribution is -1.96. The summed E-state index contributed by atoms with van der Waals surface area (Å²) in [6, 6.07) is 0. The van der Waals surface area contributed by atoms with E-state index in [1.165, 1.54) is 5.57 Å². The van der Waals surface area contributed by atoms with E-state index in [4.69, 9.17) is 0 Å². The Morgan fingerprint density at radius 3 is 2.67 bits per heavy atom.